The Bertz CT molecular complexity index is 790. The van der Waals surface area contributed by atoms with E-state index in [2.05, 4.69) is 19.5 Å². The van der Waals surface area contributed by atoms with Gasteiger partial charge < -0.3 is 34.5 Å². The zero-order valence-electron chi connectivity index (χ0n) is 13.4. The van der Waals surface area contributed by atoms with Crippen molar-refractivity contribution in [3.63, 3.8) is 0 Å². The summed E-state index contributed by atoms with van der Waals surface area (Å²) in [7, 11) is -5.14. The molecule has 3 rings (SSSR count). The van der Waals surface area contributed by atoms with Gasteiger partial charge in [0.15, 0.2) is 11.5 Å². The Labute approximate surface area is 191 Å². The molecule has 2 aromatic rings. The summed E-state index contributed by atoms with van der Waals surface area (Å²) in [6.07, 6.45) is -1.21. The summed E-state index contributed by atoms with van der Waals surface area (Å²) >= 11 is 5.76. The Balaban J connectivity index is 0.00000156. The summed E-state index contributed by atoms with van der Waals surface area (Å²) in [6.45, 7) is -0.577. The molecule has 0 saturated carbocycles. The van der Waals surface area contributed by atoms with Gasteiger partial charge in [0.1, 0.15) is 17.8 Å². The third-order valence-electron chi connectivity index (χ3n) is 3.33. The number of aliphatic hydroxyl groups excluding tert-OH is 1. The van der Waals surface area contributed by atoms with E-state index in [1.54, 1.807) is 0 Å². The van der Waals surface area contributed by atoms with Crippen LogP contribution < -0.4 is 74.6 Å². The van der Waals surface area contributed by atoms with Gasteiger partial charge in [-0.2, -0.15) is 9.97 Å². The minimum atomic E-state index is -5.14. The molecule has 1 aliphatic rings. The SMILES string of the molecule is Nc1nc(Cl)nc2c1ncn2[C@H]1C[C@H](O)[C@@H](COP(=O)([O-])[O-])O1.[Na+].[Na+]. The number of nitrogen functional groups attached to an aromatic ring is 1. The van der Waals surface area contributed by atoms with Crippen LogP contribution in [0.4, 0.5) is 5.82 Å². The molecule has 11 nitrogen and oxygen atoms in total. The van der Waals surface area contributed by atoms with Crippen LogP contribution in [-0.4, -0.2) is 43.4 Å². The first kappa shape index (κ1) is 23.7. The number of halogens is 1. The second kappa shape index (κ2) is 9.24. The smallest absolute Gasteiger partial charge is 0.790 e. The van der Waals surface area contributed by atoms with Crippen LogP contribution in [0.5, 0.6) is 0 Å². The average Bonchev–Trinajstić information content (AvgIpc) is 2.99. The van der Waals surface area contributed by atoms with Gasteiger partial charge in [-0.3, -0.25) is 4.57 Å². The molecule has 0 radical (unpaired) electrons. The van der Waals surface area contributed by atoms with Gasteiger partial charge in [-0.15, -0.1) is 0 Å². The van der Waals surface area contributed by atoms with E-state index in [9.17, 15) is 19.5 Å². The topological polar surface area (TPSA) is 172 Å². The van der Waals surface area contributed by atoms with E-state index in [1.807, 2.05) is 0 Å². The first-order valence-corrected chi connectivity index (χ1v) is 8.24. The van der Waals surface area contributed by atoms with Crippen LogP contribution >= 0.6 is 19.4 Å². The largest absolute Gasteiger partial charge is 1.00 e. The molecule has 3 heterocycles. The normalized spacial score (nSPS) is 23.3. The number of imidazole rings is 1. The molecular formula is C10H11ClN5Na2O6P. The fourth-order valence-electron chi connectivity index (χ4n) is 2.32. The molecule has 25 heavy (non-hydrogen) atoms. The molecular weight excluding hydrogens is 399 g/mol. The Hall–Kier alpha value is 0.670. The number of fused-ring (bicyclic) bond motifs is 1. The van der Waals surface area contributed by atoms with E-state index in [4.69, 9.17) is 22.1 Å². The number of rotatable bonds is 4. The zero-order chi connectivity index (χ0) is 16.8. The van der Waals surface area contributed by atoms with Crippen molar-refractivity contribution in [2.45, 2.75) is 24.9 Å². The molecule has 15 heteroatoms. The number of nitrogens with zero attached hydrogens (tertiary/aromatic N) is 4. The summed E-state index contributed by atoms with van der Waals surface area (Å²) in [5, 5.41) is 9.85. The van der Waals surface area contributed by atoms with E-state index in [0.29, 0.717) is 11.2 Å². The quantitative estimate of drug-likeness (QED) is 0.280. The molecule has 3 N–H and O–H groups in total. The summed E-state index contributed by atoms with van der Waals surface area (Å²) in [4.78, 5) is 32.9. The Kier molecular flexibility index (Phi) is 8.77. The second-order valence-corrected chi connectivity index (χ2v) is 6.37. The van der Waals surface area contributed by atoms with Gasteiger partial charge in [-0.1, -0.05) is 0 Å². The Morgan fingerprint density at radius 1 is 1.48 bits per heavy atom. The number of phosphoric ester groups is 1. The average molecular weight is 410 g/mol. The molecule has 0 spiro atoms. The molecule has 2 aromatic heterocycles. The van der Waals surface area contributed by atoms with Crippen molar-refractivity contribution in [1.29, 1.82) is 0 Å². The molecule has 126 valence electrons. The van der Waals surface area contributed by atoms with Gasteiger partial charge in [-0.05, 0) is 11.6 Å². The van der Waals surface area contributed by atoms with Crippen LogP contribution in [0.3, 0.4) is 0 Å². The van der Waals surface area contributed by atoms with E-state index in [0.717, 1.165) is 0 Å². The van der Waals surface area contributed by atoms with Gasteiger partial charge in [0.25, 0.3) is 0 Å². The van der Waals surface area contributed by atoms with Crippen LogP contribution in [0, 0.1) is 0 Å². The number of ether oxygens (including phenoxy) is 1. The fourth-order valence-corrected chi connectivity index (χ4v) is 2.82. The third kappa shape index (κ3) is 5.58. The van der Waals surface area contributed by atoms with E-state index in [1.165, 1.54) is 10.9 Å². The van der Waals surface area contributed by atoms with Gasteiger partial charge >= 0.3 is 59.1 Å². The molecule has 1 saturated heterocycles. The Morgan fingerprint density at radius 2 is 2.16 bits per heavy atom. The predicted octanol–water partition coefficient (Wildman–Crippen LogP) is -7.44. The molecule has 1 aliphatic heterocycles. The van der Waals surface area contributed by atoms with Crippen molar-refractivity contribution in [1.82, 2.24) is 19.5 Å². The molecule has 1 fully saturated rings. The first-order valence-electron chi connectivity index (χ1n) is 6.40. The number of aromatic nitrogens is 4. The van der Waals surface area contributed by atoms with Crippen molar-refractivity contribution in [2.24, 2.45) is 0 Å². The maximum Gasteiger partial charge on any atom is 1.00 e. The Morgan fingerprint density at radius 3 is 2.80 bits per heavy atom. The van der Waals surface area contributed by atoms with Crippen LogP contribution in [0.15, 0.2) is 6.33 Å². The molecule has 0 aromatic carbocycles. The number of nitrogens with two attached hydrogens (primary N) is 1. The number of hydrogen-bond donors (Lipinski definition) is 2. The predicted molar refractivity (Wildman–Crippen MR) is 72.8 cm³/mol. The van der Waals surface area contributed by atoms with Crippen LogP contribution in [0.25, 0.3) is 11.2 Å². The molecule has 0 unspecified atom stereocenters. The van der Waals surface area contributed by atoms with E-state index >= 15 is 0 Å². The van der Waals surface area contributed by atoms with Gasteiger partial charge in [0, 0.05) is 6.42 Å². The van der Waals surface area contributed by atoms with Crippen molar-refractivity contribution in [2.75, 3.05) is 12.3 Å². The van der Waals surface area contributed by atoms with Crippen molar-refractivity contribution in [3.8, 4) is 0 Å². The second-order valence-electron chi connectivity index (χ2n) is 4.88. The van der Waals surface area contributed by atoms with Crippen molar-refractivity contribution in [3.05, 3.63) is 11.6 Å². The van der Waals surface area contributed by atoms with E-state index < -0.39 is 32.9 Å². The van der Waals surface area contributed by atoms with Crippen molar-refractivity contribution < 1.29 is 87.8 Å². The fraction of sp³-hybridized carbons (Fsp3) is 0.500. The van der Waals surface area contributed by atoms with Gasteiger partial charge in [-0.25, -0.2) is 4.98 Å². The van der Waals surface area contributed by atoms with Crippen LogP contribution in [0.2, 0.25) is 5.28 Å². The molecule has 0 aliphatic carbocycles. The number of aliphatic hydroxyl groups is 1. The maximum absolute atomic E-state index is 10.5. The standard InChI is InChI=1S/C10H13ClN5O6P.2Na/c11-10-14-8(12)7-9(15-10)16(3-13-7)6-1-4(17)5(22-6)2-21-23(18,19)20;;/h3-6,17H,1-2H2,(H2,12,14,15)(H2,18,19,20);;/q;2*+1/p-2/t4-,5+,6+;;/m0../s1. The molecule has 3 atom stereocenters. The molecule has 0 bridgehead atoms. The van der Waals surface area contributed by atoms with E-state index in [-0.39, 0.29) is 76.6 Å². The summed E-state index contributed by atoms with van der Waals surface area (Å²) in [6, 6.07) is 0. The monoisotopic (exact) mass is 409 g/mol. The number of phosphoric acid groups is 1. The van der Waals surface area contributed by atoms with Gasteiger partial charge in [0.05, 0.1) is 26.9 Å². The molecule has 0 amide bonds. The zero-order valence-corrected chi connectivity index (χ0v) is 19.1. The summed E-state index contributed by atoms with van der Waals surface area (Å²) in [5.41, 5.74) is 6.32. The minimum absolute atomic E-state index is 0. The van der Waals surface area contributed by atoms with Crippen molar-refractivity contribution >= 4 is 36.4 Å². The summed E-state index contributed by atoms with van der Waals surface area (Å²) in [5.74, 6) is 0.0934. The van der Waals surface area contributed by atoms with Crippen LogP contribution in [-0.2, 0) is 13.8 Å². The summed E-state index contributed by atoms with van der Waals surface area (Å²) < 4.78 is 21.6. The maximum atomic E-state index is 10.5. The number of hydrogen-bond acceptors (Lipinski definition) is 10. The third-order valence-corrected chi connectivity index (χ3v) is 3.97. The van der Waals surface area contributed by atoms with Crippen LogP contribution in [0.1, 0.15) is 12.6 Å². The van der Waals surface area contributed by atoms with Gasteiger partial charge in [0.2, 0.25) is 5.28 Å². The number of anilines is 1. The minimum Gasteiger partial charge on any atom is -0.790 e. The first-order chi connectivity index (χ1) is 10.7.